The van der Waals surface area contributed by atoms with Gasteiger partial charge in [0.1, 0.15) is 28.5 Å². The van der Waals surface area contributed by atoms with E-state index in [1.807, 2.05) is 20.8 Å². The molecule has 0 saturated carbocycles. The van der Waals surface area contributed by atoms with E-state index >= 15 is 0 Å². The Morgan fingerprint density at radius 1 is 1.56 bits per heavy atom. The van der Waals surface area contributed by atoms with E-state index < -0.39 is 33.6 Å². The van der Waals surface area contributed by atoms with Crippen LogP contribution in [0.25, 0.3) is 0 Å². The number of hydrogen-bond donors (Lipinski definition) is 2. The van der Waals surface area contributed by atoms with Crippen LogP contribution in [0.5, 0.6) is 5.75 Å². The molecule has 0 aliphatic carbocycles. The van der Waals surface area contributed by atoms with Gasteiger partial charge in [-0.25, -0.2) is 9.18 Å². The predicted octanol–water partition coefficient (Wildman–Crippen LogP) is 2.73. The van der Waals surface area contributed by atoms with Gasteiger partial charge in [0.15, 0.2) is 0 Å². The number of ether oxygens (including phenoxy) is 2. The van der Waals surface area contributed by atoms with Crippen molar-refractivity contribution >= 4 is 17.5 Å². The number of nitrogens with two attached hydrogens (primary N) is 1. The highest BCUT2D eigenvalue weighted by molar-refractivity contribution is 7.90. The maximum atomic E-state index is 14.1. The highest BCUT2D eigenvalue weighted by Crippen LogP contribution is 2.41. The lowest BCUT2D eigenvalue weighted by Gasteiger charge is -2.28. The number of hydrogen-bond acceptors (Lipinski definition) is 5. The van der Waals surface area contributed by atoms with Crippen LogP contribution in [-0.2, 0) is 22.5 Å². The summed E-state index contributed by atoms with van der Waals surface area (Å²) in [7, 11) is 0. The maximum Gasteiger partial charge on any atom is 0.404 e. The first kappa shape index (κ1) is 19.8. The molecule has 0 saturated heterocycles. The molecule has 0 bridgehead atoms. The zero-order chi connectivity index (χ0) is 19.0. The fraction of sp³-hybridized carbons (Fsp3) is 0.588. The summed E-state index contributed by atoms with van der Waals surface area (Å²) in [4.78, 5) is 10.9. The lowest BCUT2D eigenvalue weighted by Crippen LogP contribution is -2.41. The van der Waals surface area contributed by atoms with Gasteiger partial charge in [-0.15, -0.1) is 4.72 Å². The first-order valence-corrected chi connectivity index (χ1v) is 9.18. The summed E-state index contributed by atoms with van der Waals surface area (Å²) in [5, 5.41) is 0. The van der Waals surface area contributed by atoms with Gasteiger partial charge in [0.2, 0.25) is 0 Å². The number of carbonyl (C=O) groups excluding carboxylic acids is 1. The first-order chi connectivity index (χ1) is 11.4. The SMILES string of the molecule is CC(N[S@+]([O-])C(C)(C)C)c1cc(F)cc2c1O[C@@](C)(COC(N)=O)C2. The Morgan fingerprint density at radius 2 is 2.20 bits per heavy atom. The fourth-order valence-electron chi connectivity index (χ4n) is 2.64. The van der Waals surface area contributed by atoms with E-state index in [2.05, 4.69) is 4.72 Å². The van der Waals surface area contributed by atoms with Crippen molar-refractivity contribution in [2.45, 2.75) is 57.4 Å². The Balaban J connectivity index is 2.25. The van der Waals surface area contributed by atoms with Crippen LogP contribution in [0.15, 0.2) is 12.1 Å². The summed E-state index contributed by atoms with van der Waals surface area (Å²) in [5.74, 6) is 0.135. The third-order valence-electron chi connectivity index (χ3n) is 3.90. The van der Waals surface area contributed by atoms with Crippen molar-refractivity contribution in [2.75, 3.05) is 6.61 Å². The van der Waals surface area contributed by atoms with Crippen molar-refractivity contribution in [3.8, 4) is 5.75 Å². The Labute approximate surface area is 150 Å². The average Bonchev–Trinajstić information content (AvgIpc) is 2.80. The highest BCUT2D eigenvalue weighted by atomic mass is 32.2. The Bertz CT molecular complexity index is 665. The molecule has 1 heterocycles. The molecule has 0 spiro atoms. The molecule has 140 valence electrons. The van der Waals surface area contributed by atoms with Crippen LogP contribution in [-0.4, -0.2) is 27.6 Å². The standard InChI is InChI=1S/C17H25FN2O4S/c1-10(20-25(22)16(2,3)4)13-7-12(18)6-11-8-17(5,24-14(11)13)9-23-15(19)21/h6-7,10,20H,8-9H2,1-5H3,(H2,19,21)/t10?,17-,25-/m1/s1. The normalized spacial score (nSPS) is 22.0. The van der Waals surface area contributed by atoms with Gasteiger partial charge in [0.05, 0.1) is 6.04 Å². The summed E-state index contributed by atoms with van der Waals surface area (Å²) in [6.45, 7) is 9.10. The second-order valence-corrected chi connectivity index (χ2v) is 9.54. The quantitative estimate of drug-likeness (QED) is 0.775. The minimum absolute atomic E-state index is 0.0339. The largest absolute Gasteiger partial charge is 0.598 e. The molecular formula is C17H25FN2O4S. The third-order valence-corrected chi connectivity index (χ3v) is 5.58. The molecule has 1 aliphatic heterocycles. The van der Waals surface area contributed by atoms with E-state index in [0.29, 0.717) is 23.3 Å². The second kappa shape index (κ2) is 7.01. The van der Waals surface area contributed by atoms with Gasteiger partial charge < -0.3 is 19.8 Å². The van der Waals surface area contributed by atoms with E-state index in [1.54, 1.807) is 13.8 Å². The van der Waals surface area contributed by atoms with Crippen LogP contribution in [0.4, 0.5) is 9.18 Å². The average molecular weight is 372 g/mol. The number of nitrogens with one attached hydrogen (secondary N) is 1. The van der Waals surface area contributed by atoms with Crippen LogP contribution in [0, 0.1) is 5.82 Å². The van der Waals surface area contributed by atoms with Crippen molar-refractivity contribution in [1.82, 2.24) is 4.72 Å². The van der Waals surface area contributed by atoms with Gasteiger partial charge >= 0.3 is 6.09 Å². The van der Waals surface area contributed by atoms with E-state index in [9.17, 15) is 13.7 Å². The monoisotopic (exact) mass is 372 g/mol. The highest BCUT2D eigenvalue weighted by Gasteiger charge is 2.39. The van der Waals surface area contributed by atoms with Crippen LogP contribution < -0.4 is 15.2 Å². The smallest absolute Gasteiger partial charge is 0.404 e. The van der Waals surface area contributed by atoms with Crippen LogP contribution in [0.2, 0.25) is 0 Å². The van der Waals surface area contributed by atoms with Gasteiger partial charge in [-0.3, -0.25) is 0 Å². The summed E-state index contributed by atoms with van der Waals surface area (Å²) >= 11 is -1.31. The van der Waals surface area contributed by atoms with Crippen molar-refractivity contribution in [1.29, 1.82) is 0 Å². The van der Waals surface area contributed by atoms with Gasteiger partial charge in [0, 0.05) is 28.9 Å². The number of benzene rings is 1. The van der Waals surface area contributed by atoms with Gasteiger partial charge in [-0.1, -0.05) is 0 Å². The Morgan fingerprint density at radius 3 is 2.76 bits per heavy atom. The van der Waals surface area contributed by atoms with Crippen molar-refractivity contribution in [2.24, 2.45) is 5.73 Å². The molecule has 2 rings (SSSR count). The van der Waals surface area contributed by atoms with Crippen molar-refractivity contribution in [3.63, 3.8) is 0 Å². The summed E-state index contributed by atoms with van der Waals surface area (Å²) < 4.78 is 39.8. The maximum absolute atomic E-state index is 14.1. The minimum Gasteiger partial charge on any atom is -0.598 e. The Hall–Kier alpha value is -1.51. The topological polar surface area (TPSA) is 96.6 Å². The summed E-state index contributed by atoms with van der Waals surface area (Å²) in [6, 6.07) is 2.39. The molecule has 1 amide bonds. The number of amides is 1. The summed E-state index contributed by atoms with van der Waals surface area (Å²) in [5.41, 5.74) is 5.46. The lowest BCUT2D eigenvalue weighted by molar-refractivity contribution is 0.0313. The second-order valence-electron chi connectivity index (χ2n) is 7.54. The molecule has 1 aliphatic rings. The van der Waals surface area contributed by atoms with Crippen molar-refractivity contribution < 1.29 is 23.2 Å². The summed E-state index contributed by atoms with van der Waals surface area (Å²) in [6.07, 6.45) is -0.502. The van der Waals surface area contributed by atoms with Gasteiger partial charge in [-0.2, -0.15) is 0 Å². The van der Waals surface area contributed by atoms with Crippen LogP contribution in [0.3, 0.4) is 0 Å². The molecule has 3 N–H and O–H groups in total. The number of primary amides is 1. The minimum atomic E-state index is -1.31. The molecule has 1 unspecified atom stereocenters. The predicted molar refractivity (Wildman–Crippen MR) is 94.1 cm³/mol. The number of fused-ring (bicyclic) bond motifs is 1. The zero-order valence-corrected chi connectivity index (χ0v) is 16.0. The fourth-order valence-corrected chi connectivity index (χ4v) is 3.44. The Kier molecular flexibility index (Phi) is 5.56. The zero-order valence-electron chi connectivity index (χ0n) is 15.1. The molecule has 6 nitrogen and oxygen atoms in total. The lowest BCUT2D eigenvalue weighted by atomic mass is 9.98. The molecule has 0 radical (unpaired) electrons. The molecular weight excluding hydrogens is 347 g/mol. The number of carbonyl (C=O) groups is 1. The molecule has 25 heavy (non-hydrogen) atoms. The molecule has 1 aromatic carbocycles. The molecule has 3 atom stereocenters. The van der Waals surface area contributed by atoms with Crippen LogP contribution in [0.1, 0.15) is 51.8 Å². The third kappa shape index (κ3) is 4.77. The molecule has 8 heteroatoms. The first-order valence-electron chi connectivity index (χ1n) is 8.03. The molecule has 0 fully saturated rings. The van der Waals surface area contributed by atoms with E-state index in [-0.39, 0.29) is 12.6 Å². The molecule has 1 aromatic rings. The van der Waals surface area contributed by atoms with Crippen molar-refractivity contribution in [3.05, 3.63) is 29.1 Å². The van der Waals surface area contributed by atoms with E-state index in [4.69, 9.17) is 15.2 Å². The van der Waals surface area contributed by atoms with Gasteiger partial charge in [0.25, 0.3) is 0 Å². The number of rotatable bonds is 5. The van der Waals surface area contributed by atoms with E-state index in [0.717, 1.165) is 0 Å². The number of halogens is 1. The molecule has 0 aromatic heterocycles. The van der Waals surface area contributed by atoms with Gasteiger partial charge in [-0.05, 0) is 46.8 Å². The van der Waals surface area contributed by atoms with Crippen LogP contribution >= 0.6 is 0 Å². The van der Waals surface area contributed by atoms with E-state index in [1.165, 1.54) is 12.1 Å².